The topological polar surface area (TPSA) is 83.2 Å². The Morgan fingerprint density at radius 3 is 2.92 bits per heavy atom. The molecule has 0 spiro atoms. The molecule has 3 aliphatic rings. The van der Waals surface area contributed by atoms with Gasteiger partial charge in [0.1, 0.15) is 5.75 Å². The van der Waals surface area contributed by atoms with Crippen LogP contribution >= 0.6 is 0 Å². The van der Waals surface area contributed by atoms with Crippen LogP contribution in [0.4, 0.5) is 0 Å². The first kappa shape index (κ1) is 29.3. The number of nitrogens with one attached hydrogen (secondary N) is 1. The number of likely N-dealkylation sites (tertiary alicyclic amines) is 1. The monoisotopic (exact) mass is 535 g/mol. The Kier molecular flexibility index (Phi) is 9.89. The number of ether oxygens (including phenoxy) is 1. The minimum atomic E-state index is -0.379. The number of amides is 1. The van der Waals surface area contributed by atoms with Gasteiger partial charge in [0, 0.05) is 43.5 Å². The van der Waals surface area contributed by atoms with E-state index in [0.29, 0.717) is 19.0 Å². The molecule has 1 saturated heterocycles. The molecule has 3 N–H and O–H groups in total. The summed E-state index contributed by atoms with van der Waals surface area (Å²) >= 11 is 0. The lowest BCUT2D eigenvalue weighted by molar-refractivity contribution is -0.137. The third-order valence-electron chi connectivity index (χ3n) is 8.82. The summed E-state index contributed by atoms with van der Waals surface area (Å²) in [6, 6.07) is 6.70. The van der Waals surface area contributed by atoms with Crippen LogP contribution in [0.25, 0.3) is 0 Å². The van der Waals surface area contributed by atoms with Gasteiger partial charge in [-0.3, -0.25) is 14.7 Å². The third-order valence-corrected chi connectivity index (χ3v) is 8.82. The summed E-state index contributed by atoms with van der Waals surface area (Å²) in [5.41, 5.74) is 9.50. The van der Waals surface area contributed by atoms with Crippen molar-refractivity contribution in [1.82, 2.24) is 15.1 Å². The smallest absolute Gasteiger partial charge is 0.237 e. The van der Waals surface area contributed by atoms with Crippen LogP contribution in [0.15, 0.2) is 47.1 Å². The molecule has 1 fully saturated rings. The van der Waals surface area contributed by atoms with E-state index in [4.69, 9.17) is 10.5 Å². The van der Waals surface area contributed by atoms with Gasteiger partial charge in [0.05, 0.1) is 25.2 Å². The van der Waals surface area contributed by atoms with Crippen molar-refractivity contribution < 1.29 is 9.53 Å². The third kappa shape index (κ3) is 7.12. The summed E-state index contributed by atoms with van der Waals surface area (Å²) in [7, 11) is 0. The number of carbonyl (C=O) groups is 1. The summed E-state index contributed by atoms with van der Waals surface area (Å²) in [6.07, 6.45) is 13.8. The lowest BCUT2D eigenvalue weighted by Gasteiger charge is -2.42. The number of aliphatic imine (C=N–C) groups is 1. The largest absolute Gasteiger partial charge is 0.493 e. The number of nitrogens with two attached hydrogens (primary N) is 1. The molecule has 4 rings (SSSR count). The molecule has 1 amide bonds. The number of likely N-dealkylation sites (N-methyl/N-ethyl adjacent to an activating group) is 1. The van der Waals surface area contributed by atoms with Crippen molar-refractivity contribution in [3.8, 4) is 5.75 Å². The van der Waals surface area contributed by atoms with Crippen LogP contribution in [-0.2, 0) is 11.2 Å². The number of unbranched alkanes of at least 4 members (excludes halogenated alkanes) is 1. The minimum Gasteiger partial charge on any atom is -0.493 e. The Morgan fingerprint density at radius 1 is 1.33 bits per heavy atom. The predicted molar refractivity (Wildman–Crippen MR) is 161 cm³/mol. The lowest BCUT2D eigenvalue weighted by atomic mass is 9.85. The summed E-state index contributed by atoms with van der Waals surface area (Å²) in [6.45, 7) is 13.9. The molecular formula is C32H49N5O2. The van der Waals surface area contributed by atoms with Crippen molar-refractivity contribution in [3.63, 3.8) is 0 Å². The molecule has 1 aromatic rings. The van der Waals surface area contributed by atoms with Crippen LogP contribution in [-0.4, -0.2) is 78.9 Å². The molecular weight excluding hydrogens is 486 g/mol. The number of hydrogen-bond acceptors (Lipinski definition) is 6. The van der Waals surface area contributed by atoms with Gasteiger partial charge in [-0.2, -0.15) is 0 Å². The first-order valence-corrected chi connectivity index (χ1v) is 14.9. The Labute approximate surface area is 235 Å². The normalized spacial score (nSPS) is 26.6. The van der Waals surface area contributed by atoms with Crippen LogP contribution in [0.3, 0.4) is 0 Å². The van der Waals surface area contributed by atoms with Gasteiger partial charge in [0.15, 0.2) is 0 Å². The van der Waals surface area contributed by atoms with Gasteiger partial charge in [-0.15, -0.1) is 0 Å². The van der Waals surface area contributed by atoms with Gasteiger partial charge in [-0.05, 0) is 75.3 Å². The van der Waals surface area contributed by atoms with Gasteiger partial charge in [-0.1, -0.05) is 44.6 Å². The van der Waals surface area contributed by atoms with E-state index in [9.17, 15) is 4.79 Å². The molecule has 3 heterocycles. The zero-order chi connectivity index (χ0) is 27.9. The average Bonchev–Trinajstić information content (AvgIpc) is 3.52. The Morgan fingerprint density at radius 2 is 2.18 bits per heavy atom. The molecule has 3 atom stereocenters. The molecule has 1 aromatic carbocycles. The van der Waals surface area contributed by atoms with E-state index in [1.165, 1.54) is 11.1 Å². The maximum absolute atomic E-state index is 14.0. The van der Waals surface area contributed by atoms with Gasteiger partial charge >= 0.3 is 0 Å². The quantitative estimate of drug-likeness (QED) is 0.365. The summed E-state index contributed by atoms with van der Waals surface area (Å²) in [5.74, 6) is 1.59. The molecule has 2 unspecified atom stereocenters. The molecule has 0 aromatic heterocycles. The van der Waals surface area contributed by atoms with Gasteiger partial charge in [0.25, 0.3) is 0 Å². The van der Waals surface area contributed by atoms with E-state index in [2.05, 4.69) is 78.2 Å². The SMILES string of the molecule is CCCCN(C(=O)CN1C[C@H](c2ccc3c(c2)CCO3)CC1(C)CC/C(N)=C/CNCC)C1(C)C=CC=NC1. The number of nitrogens with zero attached hydrogens (tertiary/aromatic N) is 3. The first-order valence-electron chi connectivity index (χ1n) is 14.9. The first-order chi connectivity index (χ1) is 18.8. The van der Waals surface area contributed by atoms with E-state index in [0.717, 1.165) is 82.8 Å². The molecule has 3 aliphatic heterocycles. The molecule has 39 heavy (non-hydrogen) atoms. The van der Waals surface area contributed by atoms with Crippen LogP contribution in [0.2, 0.25) is 0 Å². The number of rotatable bonds is 13. The number of benzene rings is 1. The fourth-order valence-electron chi connectivity index (χ4n) is 6.28. The van der Waals surface area contributed by atoms with Crippen molar-refractivity contribution >= 4 is 12.1 Å². The van der Waals surface area contributed by atoms with Gasteiger partial charge < -0.3 is 20.7 Å². The maximum atomic E-state index is 14.0. The van der Waals surface area contributed by atoms with E-state index in [1.54, 1.807) is 0 Å². The summed E-state index contributed by atoms with van der Waals surface area (Å²) < 4.78 is 5.76. The van der Waals surface area contributed by atoms with E-state index in [1.807, 2.05) is 12.3 Å². The molecule has 7 heteroatoms. The van der Waals surface area contributed by atoms with Crippen molar-refractivity contribution in [2.24, 2.45) is 10.7 Å². The Hall–Kier alpha value is -2.64. The summed E-state index contributed by atoms with van der Waals surface area (Å²) in [4.78, 5) is 23.1. The highest BCUT2D eigenvalue weighted by Gasteiger charge is 2.44. The minimum absolute atomic E-state index is 0.121. The molecule has 0 aliphatic carbocycles. The zero-order valence-electron chi connectivity index (χ0n) is 24.5. The van der Waals surface area contributed by atoms with Crippen LogP contribution < -0.4 is 15.8 Å². The molecule has 0 bridgehead atoms. The molecule has 0 radical (unpaired) electrons. The van der Waals surface area contributed by atoms with Crippen LogP contribution in [0.5, 0.6) is 5.75 Å². The lowest BCUT2D eigenvalue weighted by Crippen LogP contribution is -2.56. The number of hydrogen-bond donors (Lipinski definition) is 2. The Balaban J connectivity index is 1.54. The van der Waals surface area contributed by atoms with Crippen molar-refractivity contribution in [2.75, 3.05) is 45.9 Å². The fourth-order valence-corrected chi connectivity index (χ4v) is 6.28. The molecule has 0 saturated carbocycles. The number of allylic oxidation sites excluding steroid dienone is 2. The molecule has 214 valence electrons. The predicted octanol–water partition coefficient (Wildman–Crippen LogP) is 4.43. The van der Waals surface area contributed by atoms with Crippen LogP contribution in [0, 0.1) is 0 Å². The second kappa shape index (κ2) is 13.1. The standard InChI is InChI=1S/C32H49N5O2/c1-5-7-18-37(32(4)14-8-16-35-24-32)30(38)23-36-22-27(25-9-10-29-26(20-25)13-19-39-29)21-31(36,3)15-11-28(33)12-17-34-6-2/h8-10,12,14,16,20,27,34H,5-7,11,13,15,17-19,21-24,33H2,1-4H3/b28-12-/t27-,31?,32?/m1/s1. The number of carbonyl (C=O) groups excluding carboxylic acids is 1. The van der Waals surface area contributed by atoms with Crippen molar-refractivity contribution in [1.29, 1.82) is 0 Å². The highest BCUT2D eigenvalue weighted by atomic mass is 16.5. The second-order valence-corrected chi connectivity index (χ2v) is 11.9. The maximum Gasteiger partial charge on any atom is 0.237 e. The van der Waals surface area contributed by atoms with E-state index >= 15 is 0 Å². The highest BCUT2D eigenvalue weighted by Crippen LogP contribution is 2.43. The second-order valence-electron chi connectivity index (χ2n) is 11.9. The number of fused-ring (bicyclic) bond motifs is 1. The zero-order valence-corrected chi connectivity index (χ0v) is 24.5. The van der Waals surface area contributed by atoms with Gasteiger partial charge in [0.2, 0.25) is 5.91 Å². The summed E-state index contributed by atoms with van der Waals surface area (Å²) in [5, 5.41) is 3.32. The van der Waals surface area contributed by atoms with E-state index in [-0.39, 0.29) is 17.0 Å². The van der Waals surface area contributed by atoms with Crippen molar-refractivity contribution in [3.05, 3.63) is 53.3 Å². The molecule has 7 nitrogen and oxygen atoms in total. The highest BCUT2D eigenvalue weighted by molar-refractivity contribution is 5.81. The fraction of sp³-hybridized carbons (Fsp3) is 0.625. The van der Waals surface area contributed by atoms with E-state index < -0.39 is 0 Å². The Bertz CT molecular complexity index is 1080. The number of dihydropyridines is 1. The van der Waals surface area contributed by atoms with Crippen LogP contribution in [0.1, 0.15) is 76.8 Å². The van der Waals surface area contributed by atoms with Gasteiger partial charge in [-0.25, -0.2) is 0 Å². The average molecular weight is 536 g/mol. The van der Waals surface area contributed by atoms with Crippen molar-refractivity contribution in [2.45, 2.75) is 83.2 Å².